The topological polar surface area (TPSA) is 35.2 Å². The number of hydrogen-bond acceptors (Lipinski definition) is 2. The predicted octanol–water partition coefficient (Wildman–Crippen LogP) is 4.05. The summed E-state index contributed by atoms with van der Waals surface area (Å²) in [6, 6.07) is 16.1. The van der Waals surface area contributed by atoms with Gasteiger partial charge in [-0.05, 0) is 42.3 Å². The van der Waals surface area contributed by atoms with E-state index >= 15 is 0 Å². The van der Waals surface area contributed by atoms with Gasteiger partial charge in [-0.1, -0.05) is 40.2 Å². The van der Waals surface area contributed by atoms with Crippen molar-refractivity contribution in [3.63, 3.8) is 0 Å². The molecule has 0 saturated carbocycles. The van der Waals surface area contributed by atoms with Crippen molar-refractivity contribution >= 4 is 15.9 Å². The lowest BCUT2D eigenvalue weighted by atomic mass is 10.1. The first-order valence-electron chi connectivity index (χ1n) is 5.88. The van der Waals surface area contributed by atoms with Gasteiger partial charge in [-0.15, -0.1) is 0 Å². The van der Waals surface area contributed by atoms with Crippen LogP contribution >= 0.6 is 15.9 Å². The quantitative estimate of drug-likeness (QED) is 0.925. The first-order chi connectivity index (χ1) is 8.65. The van der Waals surface area contributed by atoms with Gasteiger partial charge in [-0.25, -0.2) is 0 Å². The molecule has 1 atom stereocenters. The standard InChI is InChI=1S/C15H16BrNO/c1-11(17)13-4-8-15(9-5-13)18-10-12-2-6-14(16)7-3-12/h2-9,11H,10,17H2,1H3/t11-/m0/s1. The largest absolute Gasteiger partial charge is 0.489 e. The molecule has 2 rings (SSSR count). The number of hydrogen-bond donors (Lipinski definition) is 1. The van der Waals surface area contributed by atoms with Gasteiger partial charge in [0.1, 0.15) is 12.4 Å². The van der Waals surface area contributed by atoms with Crippen molar-refractivity contribution in [2.75, 3.05) is 0 Å². The fourth-order valence-corrected chi connectivity index (χ4v) is 1.88. The van der Waals surface area contributed by atoms with Crippen LogP contribution in [0.5, 0.6) is 5.75 Å². The molecule has 3 heteroatoms. The van der Waals surface area contributed by atoms with Gasteiger partial charge >= 0.3 is 0 Å². The fourth-order valence-electron chi connectivity index (χ4n) is 1.61. The Bertz CT molecular complexity index is 491. The number of nitrogens with two attached hydrogens (primary N) is 1. The third-order valence-electron chi connectivity index (χ3n) is 2.72. The summed E-state index contributed by atoms with van der Waals surface area (Å²) in [7, 11) is 0. The maximum Gasteiger partial charge on any atom is 0.119 e. The summed E-state index contributed by atoms with van der Waals surface area (Å²) in [6.45, 7) is 2.54. The molecule has 0 fully saturated rings. The van der Waals surface area contributed by atoms with Crippen LogP contribution in [0.3, 0.4) is 0 Å². The highest BCUT2D eigenvalue weighted by atomic mass is 79.9. The van der Waals surface area contributed by atoms with Crippen LogP contribution in [0, 0.1) is 0 Å². The highest BCUT2D eigenvalue weighted by Crippen LogP contribution is 2.18. The lowest BCUT2D eigenvalue weighted by Crippen LogP contribution is -2.04. The molecule has 2 N–H and O–H groups in total. The molecule has 0 unspecified atom stereocenters. The van der Waals surface area contributed by atoms with Crippen LogP contribution in [0.25, 0.3) is 0 Å². The normalized spacial score (nSPS) is 12.2. The Kier molecular flexibility index (Phi) is 4.39. The third kappa shape index (κ3) is 3.59. The van der Waals surface area contributed by atoms with E-state index in [-0.39, 0.29) is 6.04 Å². The molecule has 0 saturated heterocycles. The molecule has 2 aromatic rings. The molecule has 0 spiro atoms. The van der Waals surface area contributed by atoms with Crippen molar-refractivity contribution in [1.82, 2.24) is 0 Å². The SMILES string of the molecule is C[C@H](N)c1ccc(OCc2ccc(Br)cc2)cc1. The Morgan fingerprint density at radius 1 is 1.06 bits per heavy atom. The van der Waals surface area contributed by atoms with Gasteiger partial charge in [-0.3, -0.25) is 0 Å². The molecule has 0 aliphatic carbocycles. The van der Waals surface area contributed by atoms with Crippen molar-refractivity contribution in [2.45, 2.75) is 19.6 Å². The predicted molar refractivity (Wildman–Crippen MR) is 77.5 cm³/mol. The van der Waals surface area contributed by atoms with E-state index in [9.17, 15) is 0 Å². The van der Waals surface area contributed by atoms with Gasteiger partial charge in [0.05, 0.1) is 0 Å². The second-order valence-electron chi connectivity index (χ2n) is 4.27. The van der Waals surface area contributed by atoms with Crippen molar-refractivity contribution in [3.05, 3.63) is 64.1 Å². The minimum Gasteiger partial charge on any atom is -0.489 e. The Labute approximate surface area is 116 Å². The van der Waals surface area contributed by atoms with E-state index in [2.05, 4.69) is 15.9 Å². The van der Waals surface area contributed by atoms with Crippen molar-refractivity contribution < 1.29 is 4.74 Å². The van der Waals surface area contributed by atoms with Gasteiger partial charge in [0, 0.05) is 10.5 Å². The summed E-state index contributed by atoms with van der Waals surface area (Å²) >= 11 is 3.41. The van der Waals surface area contributed by atoms with Gasteiger partial charge in [0.2, 0.25) is 0 Å². The maximum atomic E-state index is 5.80. The molecular formula is C15H16BrNO. The molecule has 0 bridgehead atoms. The number of ether oxygens (including phenoxy) is 1. The van der Waals surface area contributed by atoms with E-state index in [0.29, 0.717) is 6.61 Å². The van der Waals surface area contributed by atoms with E-state index in [1.54, 1.807) is 0 Å². The Morgan fingerprint density at radius 2 is 1.67 bits per heavy atom. The van der Waals surface area contributed by atoms with Crippen LogP contribution in [0.4, 0.5) is 0 Å². The summed E-state index contributed by atoms with van der Waals surface area (Å²) in [5.74, 6) is 0.863. The van der Waals surface area contributed by atoms with E-state index in [4.69, 9.17) is 10.5 Å². The van der Waals surface area contributed by atoms with Crippen molar-refractivity contribution in [1.29, 1.82) is 0 Å². The summed E-state index contributed by atoms with van der Waals surface area (Å²) < 4.78 is 6.79. The van der Waals surface area contributed by atoms with Crippen molar-refractivity contribution in [2.24, 2.45) is 5.73 Å². The Morgan fingerprint density at radius 3 is 2.22 bits per heavy atom. The molecule has 2 nitrogen and oxygen atoms in total. The summed E-state index contributed by atoms with van der Waals surface area (Å²) in [5, 5.41) is 0. The summed E-state index contributed by atoms with van der Waals surface area (Å²) in [6.07, 6.45) is 0. The molecule has 0 aromatic heterocycles. The zero-order valence-corrected chi connectivity index (χ0v) is 11.9. The van der Waals surface area contributed by atoms with Crippen LogP contribution in [-0.4, -0.2) is 0 Å². The number of halogens is 1. The first-order valence-corrected chi connectivity index (χ1v) is 6.67. The Hall–Kier alpha value is -1.32. The van der Waals surface area contributed by atoms with E-state index in [1.165, 1.54) is 0 Å². The molecule has 0 radical (unpaired) electrons. The zero-order chi connectivity index (χ0) is 13.0. The Balaban J connectivity index is 1.95. The van der Waals surface area contributed by atoms with Crippen LogP contribution in [0.2, 0.25) is 0 Å². The molecule has 18 heavy (non-hydrogen) atoms. The second kappa shape index (κ2) is 6.03. The lowest BCUT2D eigenvalue weighted by Gasteiger charge is -2.09. The summed E-state index contributed by atoms with van der Waals surface area (Å²) in [4.78, 5) is 0. The van der Waals surface area contributed by atoms with Gasteiger partial charge < -0.3 is 10.5 Å². The zero-order valence-electron chi connectivity index (χ0n) is 10.3. The molecule has 2 aromatic carbocycles. The third-order valence-corrected chi connectivity index (χ3v) is 3.25. The van der Waals surface area contributed by atoms with Crippen molar-refractivity contribution in [3.8, 4) is 5.75 Å². The maximum absolute atomic E-state index is 5.80. The van der Waals surface area contributed by atoms with Crippen LogP contribution < -0.4 is 10.5 Å². The minimum atomic E-state index is 0.0607. The van der Waals surface area contributed by atoms with Gasteiger partial charge in [0.25, 0.3) is 0 Å². The average Bonchev–Trinajstić information content (AvgIpc) is 2.38. The number of rotatable bonds is 4. The molecule has 0 heterocycles. The smallest absolute Gasteiger partial charge is 0.119 e. The van der Waals surface area contributed by atoms with E-state index in [1.807, 2.05) is 55.5 Å². The molecule has 94 valence electrons. The average molecular weight is 306 g/mol. The monoisotopic (exact) mass is 305 g/mol. The summed E-state index contributed by atoms with van der Waals surface area (Å²) in [5.41, 5.74) is 8.06. The molecule has 0 aliphatic heterocycles. The molecular weight excluding hydrogens is 290 g/mol. The highest BCUT2D eigenvalue weighted by Gasteiger charge is 2.00. The first kappa shape index (κ1) is 13.1. The van der Waals surface area contributed by atoms with Crippen LogP contribution in [0.1, 0.15) is 24.1 Å². The van der Waals surface area contributed by atoms with Crippen LogP contribution in [-0.2, 0) is 6.61 Å². The fraction of sp³-hybridized carbons (Fsp3) is 0.200. The second-order valence-corrected chi connectivity index (χ2v) is 5.19. The molecule has 0 amide bonds. The minimum absolute atomic E-state index is 0.0607. The molecule has 0 aliphatic rings. The number of benzene rings is 2. The van der Waals surface area contributed by atoms with E-state index < -0.39 is 0 Å². The van der Waals surface area contributed by atoms with E-state index in [0.717, 1.165) is 21.3 Å². The van der Waals surface area contributed by atoms with Gasteiger partial charge in [0.15, 0.2) is 0 Å². The highest BCUT2D eigenvalue weighted by molar-refractivity contribution is 9.10. The van der Waals surface area contributed by atoms with Gasteiger partial charge in [-0.2, -0.15) is 0 Å². The lowest BCUT2D eigenvalue weighted by molar-refractivity contribution is 0.306. The van der Waals surface area contributed by atoms with Crippen LogP contribution in [0.15, 0.2) is 53.0 Å².